The van der Waals surface area contributed by atoms with E-state index in [1.54, 1.807) is 4.90 Å². The average Bonchev–Trinajstić information content (AvgIpc) is 2.55. The van der Waals surface area contributed by atoms with E-state index >= 15 is 0 Å². The molecule has 1 amide bonds. The van der Waals surface area contributed by atoms with Crippen LogP contribution in [0.25, 0.3) is 0 Å². The Morgan fingerprint density at radius 2 is 2.00 bits per heavy atom. The number of rotatable bonds is 3. The van der Waals surface area contributed by atoms with E-state index < -0.39 is 5.54 Å². The SMILES string of the molecule is C=C1OC(=O)N(Cc2ccccc2)C1(C)CC. The van der Waals surface area contributed by atoms with Gasteiger partial charge >= 0.3 is 6.09 Å². The van der Waals surface area contributed by atoms with E-state index in [-0.39, 0.29) is 6.09 Å². The summed E-state index contributed by atoms with van der Waals surface area (Å²) in [6.45, 7) is 8.42. The van der Waals surface area contributed by atoms with Gasteiger partial charge in [-0.1, -0.05) is 43.8 Å². The summed E-state index contributed by atoms with van der Waals surface area (Å²) in [5.41, 5.74) is 0.700. The molecule has 0 N–H and O–H groups in total. The maximum Gasteiger partial charge on any atom is 0.416 e. The molecule has 1 unspecified atom stereocenters. The molecular formula is C14H17NO2. The zero-order chi connectivity index (χ0) is 12.5. The van der Waals surface area contributed by atoms with Crippen molar-refractivity contribution in [3.8, 4) is 0 Å². The number of amides is 1. The van der Waals surface area contributed by atoms with Gasteiger partial charge in [-0.05, 0) is 18.9 Å². The Balaban J connectivity index is 2.25. The second-order valence-corrected chi connectivity index (χ2v) is 4.49. The van der Waals surface area contributed by atoms with Crippen LogP contribution < -0.4 is 0 Å². The molecule has 1 aliphatic rings. The normalized spacial score (nSPS) is 24.0. The van der Waals surface area contributed by atoms with Crippen LogP contribution in [0.5, 0.6) is 0 Å². The molecule has 17 heavy (non-hydrogen) atoms. The minimum Gasteiger partial charge on any atom is -0.413 e. The number of cyclic esters (lactones) is 1. The summed E-state index contributed by atoms with van der Waals surface area (Å²) in [6.07, 6.45) is 0.493. The van der Waals surface area contributed by atoms with Crippen LogP contribution in [0.2, 0.25) is 0 Å². The molecule has 2 rings (SSSR count). The lowest BCUT2D eigenvalue weighted by Gasteiger charge is -2.31. The number of benzene rings is 1. The van der Waals surface area contributed by atoms with Crippen LogP contribution in [0.15, 0.2) is 42.7 Å². The molecular weight excluding hydrogens is 214 g/mol. The van der Waals surface area contributed by atoms with Gasteiger partial charge in [0.25, 0.3) is 0 Å². The monoisotopic (exact) mass is 231 g/mol. The average molecular weight is 231 g/mol. The topological polar surface area (TPSA) is 29.5 Å². The predicted octanol–water partition coefficient (Wildman–Crippen LogP) is 3.32. The van der Waals surface area contributed by atoms with E-state index in [1.807, 2.05) is 44.2 Å². The lowest BCUT2D eigenvalue weighted by Crippen LogP contribution is -2.42. The van der Waals surface area contributed by atoms with E-state index in [4.69, 9.17) is 4.74 Å². The van der Waals surface area contributed by atoms with Crippen molar-refractivity contribution in [3.05, 3.63) is 48.2 Å². The molecule has 0 aliphatic carbocycles. The molecule has 90 valence electrons. The zero-order valence-electron chi connectivity index (χ0n) is 10.3. The first-order valence-corrected chi connectivity index (χ1v) is 5.80. The molecule has 1 aromatic rings. The summed E-state index contributed by atoms with van der Waals surface area (Å²) in [7, 11) is 0. The maximum absolute atomic E-state index is 11.8. The van der Waals surface area contributed by atoms with Crippen molar-refractivity contribution in [2.75, 3.05) is 0 Å². The van der Waals surface area contributed by atoms with E-state index in [0.29, 0.717) is 12.3 Å². The van der Waals surface area contributed by atoms with Gasteiger partial charge in [-0.2, -0.15) is 0 Å². The van der Waals surface area contributed by atoms with E-state index in [0.717, 1.165) is 12.0 Å². The van der Waals surface area contributed by atoms with Gasteiger partial charge in [0.2, 0.25) is 0 Å². The lowest BCUT2D eigenvalue weighted by atomic mass is 9.95. The molecule has 1 aliphatic heterocycles. The minimum atomic E-state index is -0.396. The summed E-state index contributed by atoms with van der Waals surface area (Å²) < 4.78 is 5.15. The highest BCUT2D eigenvalue weighted by Gasteiger charge is 2.45. The van der Waals surface area contributed by atoms with E-state index in [9.17, 15) is 4.79 Å². The number of hydrogen-bond donors (Lipinski definition) is 0. The van der Waals surface area contributed by atoms with Crippen molar-refractivity contribution < 1.29 is 9.53 Å². The fourth-order valence-corrected chi connectivity index (χ4v) is 2.02. The molecule has 1 atom stereocenters. The zero-order valence-corrected chi connectivity index (χ0v) is 10.3. The Kier molecular flexibility index (Phi) is 2.92. The summed E-state index contributed by atoms with van der Waals surface area (Å²) in [6, 6.07) is 9.91. The molecule has 0 saturated carbocycles. The maximum atomic E-state index is 11.8. The molecule has 3 nitrogen and oxygen atoms in total. The summed E-state index contributed by atoms with van der Waals surface area (Å²) in [4.78, 5) is 13.5. The molecule has 1 saturated heterocycles. The largest absolute Gasteiger partial charge is 0.416 e. The van der Waals surface area contributed by atoms with Crippen molar-refractivity contribution >= 4 is 6.09 Å². The molecule has 1 heterocycles. The van der Waals surface area contributed by atoms with E-state index in [1.165, 1.54) is 0 Å². The van der Waals surface area contributed by atoms with Gasteiger partial charge in [0.15, 0.2) is 0 Å². The summed E-state index contributed by atoms with van der Waals surface area (Å²) in [5, 5.41) is 0. The summed E-state index contributed by atoms with van der Waals surface area (Å²) in [5.74, 6) is 0.543. The highest BCUT2D eigenvalue weighted by molar-refractivity contribution is 5.74. The molecule has 1 fully saturated rings. The summed E-state index contributed by atoms with van der Waals surface area (Å²) >= 11 is 0. The number of ether oxygens (including phenoxy) is 1. The molecule has 0 bridgehead atoms. The fraction of sp³-hybridized carbons (Fsp3) is 0.357. The lowest BCUT2D eigenvalue weighted by molar-refractivity contribution is 0.149. The van der Waals surface area contributed by atoms with Crippen molar-refractivity contribution in [1.82, 2.24) is 4.90 Å². The van der Waals surface area contributed by atoms with Gasteiger partial charge in [0.05, 0.1) is 6.54 Å². The molecule has 1 aromatic carbocycles. The predicted molar refractivity (Wildman–Crippen MR) is 66.3 cm³/mol. The van der Waals surface area contributed by atoms with Crippen LogP contribution in [0.3, 0.4) is 0 Å². The Morgan fingerprint density at radius 1 is 1.35 bits per heavy atom. The first-order chi connectivity index (χ1) is 8.08. The smallest absolute Gasteiger partial charge is 0.413 e. The van der Waals surface area contributed by atoms with Gasteiger partial charge in [0.1, 0.15) is 11.3 Å². The van der Waals surface area contributed by atoms with Crippen LogP contribution in [0, 0.1) is 0 Å². The Hall–Kier alpha value is -1.77. The highest BCUT2D eigenvalue weighted by Crippen LogP contribution is 2.36. The number of carbonyl (C=O) groups is 1. The van der Waals surface area contributed by atoms with Crippen molar-refractivity contribution in [2.45, 2.75) is 32.4 Å². The number of hydrogen-bond acceptors (Lipinski definition) is 2. The Morgan fingerprint density at radius 3 is 2.59 bits per heavy atom. The number of carbonyl (C=O) groups excluding carboxylic acids is 1. The second kappa shape index (κ2) is 4.24. The van der Waals surface area contributed by atoms with Gasteiger partial charge in [0, 0.05) is 0 Å². The standard InChI is InChI=1S/C14H17NO2/c1-4-14(3)11(2)17-13(16)15(14)10-12-8-6-5-7-9-12/h5-9H,2,4,10H2,1,3H3. The van der Waals surface area contributed by atoms with Crippen LogP contribution in [0.1, 0.15) is 25.8 Å². The van der Waals surface area contributed by atoms with Crippen LogP contribution in [-0.4, -0.2) is 16.5 Å². The molecule has 0 aromatic heterocycles. The highest BCUT2D eigenvalue weighted by atomic mass is 16.6. The van der Waals surface area contributed by atoms with Crippen molar-refractivity contribution in [3.63, 3.8) is 0 Å². The van der Waals surface area contributed by atoms with Gasteiger partial charge < -0.3 is 4.74 Å². The first-order valence-electron chi connectivity index (χ1n) is 5.80. The molecule has 0 radical (unpaired) electrons. The third-order valence-electron chi connectivity index (χ3n) is 3.50. The Labute approximate surface area is 102 Å². The van der Waals surface area contributed by atoms with Crippen molar-refractivity contribution in [2.24, 2.45) is 0 Å². The van der Waals surface area contributed by atoms with E-state index in [2.05, 4.69) is 6.58 Å². The number of nitrogens with zero attached hydrogens (tertiary/aromatic N) is 1. The van der Waals surface area contributed by atoms with Gasteiger partial charge in [-0.25, -0.2) is 4.79 Å². The molecule has 0 spiro atoms. The quantitative estimate of drug-likeness (QED) is 0.798. The second-order valence-electron chi connectivity index (χ2n) is 4.49. The molecule has 3 heteroatoms. The van der Waals surface area contributed by atoms with Crippen LogP contribution in [-0.2, 0) is 11.3 Å². The first kappa shape index (κ1) is 11.7. The minimum absolute atomic E-state index is 0.303. The fourth-order valence-electron chi connectivity index (χ4n) is 2.02. The third kappa shape index (κ3) is 1.93. The Bertz CT molecular complexity index is 441. The van der Waals surface area contributed by atoms with Gasteiger partial charge in [-0.15, -0.1) is 0 Å². The van der Waals surface area contributed by atoms with Crippen LogP contribution in [0.4, 0.5) is 4.79 Å². The van der Waals surface area contributed by atoms with Gasteiger partial charge in [-0.3, -0.25) is 4.90 Å². The van der Waals surface area contributed by atoms with Crippen molar-refractivity contribution in [1.29, 1.82) is 0 Å². The third-order valence-corrected chi connectivity index (χ3v) is 3.50. The van der Waals surface area contributed by atoms with Crippen LogP contribution >= 0.6 is 0 Å².